The average molecular weight is 260 g/mol. The Morgan fingerprint density at radius 2 is 2.26 bits per heavy atom. The fourth-order valence-corrected chi connectivity index (χ4v) is 1.68. The maximum Gasteiger partial charge on any atom is 0.357 e. The Morgan fingerprint density at radius 1 is 1.42 bits per heavy atom. The molecular weight excluding hydrogens is 252 g/mol. The van der Waals surface area contributed by atoms with E-state index in [0.29, 0.717) is 5.65 Å². The molecule has 3 aromatic rings. The Balaban J connectivity index is 1.98. The van der Waals surface area contributed by atoms with E-state index in [2.05, 4.69) is 10.1 Å². The van der Waals surface area contributed by atoms with Crippen LogP contribution in [0.1, 0.15) is 16.4 Å². The molecule has 0 amide bonds. The van der Waals surface area contributed by atoms with Crippen LogP contribution in [0.2, 0.25) is 0 Å². The second kappa shape index (κ2) is 4.09. The van der Waals surface area contributed by atoms with Gasteiger partial charge in [0.05, 0.1) is 0 Å². The third-order valence-corrected chi connectivity index (χ3v) is 2.54. The first-order chi connectivity index (χ1) is 9.15. The van der Waals surface area contributed by atoms with Gasteiger partial charge in [0.2, 0.25) is 5.89 Å². The molecule has 0 fully saturated rings. The Bertz CT molecular complexity index is 813. The first kappa shape index (κ1) is 11.2. The highest BCUT2D eigenvalue weighted by atomic mass is 16.4. The number of hydrogen-bond acceptors (Lipinski definition) is 5. The van der Waals surface area contributed by atoms with Crippen LogP contribution in [-0.2, 0) is 6.54 Å². The topological polar surface area (TPSA) is 103 Å². The van der Waals surface area contributed by atoms with Gasteiger partial charge < -0.3 is 9.52 Å². The lowest BCUT2D eigenvalue weighted by Gasteiger charge is -1.92. The van der Waals surface area contributed by atoms with E-state index in [-0.39, 0.29) is 23.8 Å². The average Bonchev–Trinajstić information content (AvgIpc) is 2.97. The van der Waals surface area contributed by atoms with E-state index in [4.69, 9.17) is 9.52 Å². The van der Waals surface area contributed by atoms with E-state index in [1.165, 1.54) is 4.40 Å². The predicted octanol–water partition coefficient (Wildman–Crippen LogP) is 0.230. The Hall–Kier alpha value is -2.90. The second-order valence-corrected chi connectivity index (χ2v) is 3.80. The second-order valence-electron chi connectivity index (χ2n) is 3.80. The summed E-state index contributed by atoms with van der Waals surface area (Å²) >= 11 is 0. The van der Waals surface area contributed by atoms with Crippen molar-refractivity contribution in [2.45, 2.75) is 6.54 Å². The number of hydrogen-bond donors (Lipinski definition) is 1. The van der Waals surface area contributed by atoms with Gasteiger partial charge in [-0.15, -0.1) is 5.10 Å². The smallest absolute Gasteiger partial charge is 0.357 e. The molecule has 0 unspecified atom stereocenters. The van der Waals surface area contributed by atoms with Gasteiger partial charge in [-0.05, 0) is 12.1 Å². The lowest BCUT2D eigenvalue weighted by molar-refractivity contribution is 0.0690. The van der Waals surface area contributed by atoms with E-state index in [9.17, 15) is 9.59 Å². The molecule has 19 heavy (non-hydrogen) atoms. The summed E-state index contributed by atoms with van der Waals surface area (Å²) in [6.45, 7) is -0.0200. The highest BCUT2D eigenvalue weighted by Gasteiger charge is 2.13. The van der Waals surface area contributed by atoms with Crippen molar-refractivity contribution in [1.29, 1.82) is 0 Å². The van der Waals surface area contributed by atoms with Crippen LogP contribution in [0.3, 0.4) is 0 Å². The first-order valence-electron chi connectivity index (χ1n) is 5.37. The number of oxazole rings is 1. The highest BCUT2D eigenvalue weighted by molar-refractivity contribution is 5.84. The monoisotopic (exact) mass is 260 g/mol. The fraction of sp³-hybridized carbons (Fsp3) is 0.0909. The zero-order valence-electron chi connectivity index (χ0n) is 9.55. The van der Waals surface area contributed by atoms with Crippen LogP contribution in [0.5, 0.6) is 0 Å². The maximum absolute atomic E-state index is 12.0. The Kier molecular flexibility index (Phi) is 2.41. The van der Waals surface area contributed by atoms with Crippen molar-refractivity contribution in [3.8, 4) is 0 Å². The molecule has 0 aliphatic carbocycles. The summed E-state index contributed by atoms with van der Waals surface area (Å²) in [6, 6.07) is 5.17. The molecule has 8 heteroatoms. The van der Waals surface area contributed by atoms with Gasteiger partial charge >= 0.3 is 11.7 Å². The van der Waals surface area contributed by atoms with Crippen molar-refractivity contribution >= 4 is 11.6 Å². The normalized spacial score (nSPS) is 10.9. The molecule has 0 spiro atoms. The molecule has 0 saturated heterocycles. The molecule has 0 saturated carbocycles. The molecule has 0 atom stereocenters. The molecule has 3 heterocycles. The van der Waals surface area contributed by atoms with E-state index in [1.54, 1.807) is 24.4 Å². The minimum absolute atomic E-state index is 0.0200. The quantitative estimate of drug-likeness (QED) is 0.723. The van der Waals surface area contributed by atoms with Crippen molar-refractivity contribution in [3.05, 3.63) is 52.7 Å². The minimum Gasteiger partial charge on any atom is -0.476 e. The third-order valence-electron chi connectivity index (χ3n) is 2.54. The van der Waals surface area contributed by atoms with Crippen LogP contribution >= 0.6 is 0 Å². The third kappa shape index (κ3) is 1.88. The molecule has 0 aromatic carbocycles. The Morgan fingerprint density at radius 3 is 2.95 bits per heavy atom. The van der Waals surface area contributed by atoms with Crippen molar-refractivity contribution < 1.29 is 14.3 Å². The number of carboxylic acid groups (broad SMARTS) is 1. The number of pyridine rings is 1. The standard InChI is InChI=1S/C11H8N4O4/c16-10(17)7-6-19-9(12-7)5-15-11(18)14-4-2-1-3-8(14)13-15/h1-4,6H,5H2,(H,16,17). The predicted molar refractivity (Wildman–Crippen MR) is 62.0 cm³/mol. The van der Waals surface area contributed by atoms with Gasteiger partial charge in [-0.1, -0.05) is 6.07 Å². The number of carboxylic acids is 1. The fourth-order valence-electron chi connectivity index (χ4n) is 1.68. The number of carbonyl (C=O) groups is 1. The largest absolute Gasteiger partial charge is 0.476 e. The van der Waals surface area contributed by atoms with Crippen LogP contribution in [0.4, 0.5) is 0 Å². The van der Waals surface area contributed by atoms with Gasteiger partial charge in [0.1, 0.15) is 12.8 Å². The van der Waals surface area contributed by atoms with Crippen LogP contribution in [0.15, 0.2) is 39.9 Å². The van der Waals surface area contributed by atoms with Crippen LogP contribution in [0.25, 0.3) is 5.65 Å². The molecular formula is C11H8N4O4. The van der Waals surface area contributed by atoms with Crippen molar-refractivity contribution in [1.82, 2.24) is 19.2 Å². The van der Waals surface area contributed by atoms with Gasteiger partial charge in [0, 0.05) is 6.20 Å². The molecule has 1 N–H and O–H groups in total. The number of fused-ring (bicyclic) bond motifs is 1. The van der Waals surface area contributed by atoms with Gasteiger partial charge in [-0.2, -0.15) is 0 Å². The van der Waals surface area contributed by atoms with Gasteiger partial charge in [0.25, 0.3) is 0 Å². The van der Waals surface area contributed by atoms with E-state index in [0.717, 1.165) is 10.9 Å². The molecule has 0 aliphatic heterocycles. The molecule has 0 aliphatic rings. The van der Waals surface area contributed by atoms with E-state index >= 15 is 0 Å². The summed E-state index contributed by atoms with van der Waals surface area (Å²) in [5.74, 6) is -1.07. The van der Waals surface area contributed by atoms with E-state index in [1.807, 2.05) is 0 Å². The van der Waals surface area contributed by atoms with Crippen LogP contribution in [0, 0.1) is 0 Å². The van der Waals surface area contributed by atoms with Crippen molar-refractivity contribution in [3.63, 3.8) is 0 Å². The lowest BCUT2D eigenvalue weighted by Crippen LogP contribution is -2.21. The summed E-state index contributed by atoms with van der Waals surface area (Å²) in [7, 11) is 0. The van der Waals surface area contributed by atoms with E-state index < -0.39 is 5.97 Å². The zero-order chi connectivity index (χ0) is 13.4. The highest BCUT2D eigenvalue weighted by Crippen LogP contribution is 2.03. The molecule has 3 rings (SSSR count). The molecule has 0 bridgehead atoms. The number of nitrogens with zero attached hydrogens (tertiary/aromatic N) is 4. The van der Waals surface area contributed by atoms with Crippen molar-refractivity contribution in [2.24, 2.45) is 0 Å². The Labute approximate surface area is 105 Å². The first-order valence-corrected chi connectivity index (χ1v) is 5.37. The molecule has 0 radical (unpaired) electrons. The van der Waals surface area contributed by atoms with Gasteiger partial charge in [-0.3, -0.25) is 4.40 Å². The summed E-state index contributed by atoms with van der Waals surface area (Å²) in [5.41, 5.74) is -0.0463. The van der Waals surface area contributed by atoms with Crippen LogP contribution < -0.4 is 5.69 Å². The van der Waals surface area contributed by atoms with Crippen LogP contribution in [-0.4, -0.2) is 30.2 Å². The van der Waals surface area contributed by atoms with Crippen molar-refractivity contribution in [2.75, 3.05) is 0 Å². The molecule has 3 aromatic heterocycles. The maximum atomic E-state index is 12.0. The number of aromatic carboxylic acids is 1. The molecule has 96 valence electrons. The summed E-state index contributed by atoms with van der Waals surface area (Å²) in [4.78, 5) is 26.4. The summed E-state index contributed by atoms with van der Waals surface area (Å²) < 4.78 is 7.52. The number of aromatic nitrogens is 4. The SMILES string of the molecule is O=C(O)c1coc(Cn2nc3ccccn3c2=O)n1. The zero-order valence-corrected chi connectivity index (χ0v) is 9.55. The molecule has 8 nitrogen and oxygen atoms in total. The van der Waals surface area contributed by atoms with Gasteiger partial charge in [0.15, 0.2) is 11.3 Å². The van der Waals surface area contributed by atoms with Gasteiger partial charge in [-0.25, -0.2) is 19.3 Å². The number of rotatable bonds is 3. The summed E-state index contributed by atoms with van der Waals surface area (Å²) in [6.07, 6.45) is 2.62. The summed E-state index contributed by atoms with van der Waals surface area (Å²) in [5, 5.41) is 12.8. The minimum atomic E-state index is -1.18. The lowest BCUT2D eigenvalue weighted by atomic mass is 10.5.